The molecule has 28 heavy (non-hydrogen) atoms. The molecular formula is C22H24N4OS. The van der Waals surface area contributed by atoms with Crippen LogP contribution in [0.2, 0.25) is 0 Å². The van der Waals surface area contributed by atoms with E-state index >= 15 is 0 Å². The number of carbonyl (C=O) groups excluding carboxylic acids is 1. The molecule has 0 bridgehead atoms. The van der Waals surface area contributed by atoms with Crippen molar-refractivity contribution in [2.45, 2.75) is 6.54 Å². The van der Waals surface area contributed by atoms with Crippen LogP contribution in [-0.2, 0) is 18.4 Å². The van der Waals surface area contributed by atoms with E-state index in [9.17, 15) is 4.79 Å². The summed E-state index contributed by atoms with van der Waals surface area (Å²) >= 11 is 1.85. The minimum absolute atomic E-state index is 0.0750. The standard InChI is InChI=1S/C22H24N4OS/c1-24-16-18(15-23-24)7-10-22(27)26-13-11-25(12-14-26)17-20-8-9-21(28-20)19-5-3-2-4-6-19/h2-10,15-16H,11-14,17H2,1H3. The van der Waals surface area contributed by atoms with E-state index in [0.717, 1.165) is 38.3 Å². The van der Waals surface area contributed by atoms with Crippen LogP contribution < -0.4 is 0 Å². The number of aryl methyl sites for hydroxylation is 1. The van der Waals surface area contributed by atoms with Crippen LogP contribution in [0.3, 0.4) is 0 Å². The van der Waals surface area contributed by atoms with Crippen LogP contribution in [0.5, 0.6) is 0 Å². The Balaban J connectivity index is 1.28. The topological polar surface area (TPSA) is 41.4 Å². The molecule has 5 nitrogen and oxygen atoms in total. The van der Waals surface area contributed by atoms with Crippen LogP contribution in [0.4, 0.5) is 0 Å². The Morgan fingerprint density at radius 2 is 1.89 bits per heavy atom. The fraction of sp³-hybridized carbons (Fsp3) is 0.273. The van der Waals surface area contributed by atoms with Gasteiger partial charge in [0, 0.05) is 67.4 Å². The van der Waals surface area contributed by atoms with Crippen molar-refractivity contribution in [1.29, 1.82) is 0 Å². The molecule has 3 heterocycles. The van der Waals surface area contributed by atoms with Crippen molar-refractivity contribution in [2.75, 3.05) is 26.2 Å². The first-order chi connectivity index (χ1) is 13.7. The van der Waals surface area contributed by atoms with Crippen molar-refractivity contribution in [2.24, 2.45) is 7.05 Å². The first kappa shape index (κ1) is 18.7. The van der Waals surface area contributed by atoms with Crippen molar-refractivity contribution < 1.29 is 4.79 Å². The molecule has 2 aromatic heterocycles. The van der Waals surface area contributed by atoms with Gasteiger partial charge in [-0.2, -0.15) is 5.10 Å². The maximum absolute atomic E-state index is 12.4. The largest absolute Gasteiger partial charge is 0.337 e. The second-order valence-electron chi connectivity index (χ2n) is 7.01. The molecule has 0 spiro atoms. The fourth-order valence-electron chi connectivity index (χ4n) is 3.37. The van der Waals surface area contributed by atoms with Gasteiger partial charge < -0.3 is 4.90 Å². The molecular weight excluding hydrogens is 368 g/mol. The van der Waals surface area contributed by atoms with E-state index in [1.165, 1.54) is 15.3 Å². The first-order valence-electron chi connectivity index (χ1n) is 9.49. The van der Waals surface area contributed by atoms with Gasteiger partial charge in [-0.15, -0.1) is 11.3 Å². The van der Waals surface area contributed by atoms with Crippen molar-refractivity contribution in [3.63, 3.8) is 0 Å². The van der Waals surface area contributed by atoms with Gasteiger partial charge in [-0.05, 0) is 23.8 Å². The summed E-state index contributed by atoms with van der Waals surface area (Å²) in [6, 6.07) is 14.9. The third kappa shape index (κ3) is 4.58. The van der Waals surface area contributed by atoms with E-state index in [1.54, 1.807) is 17.0 Å². The Kier molecular flexibility index (Phi) is 5.69. The molecule has 4 rings (SSSR count). The van der Waals surface area contributed by atoms with Crippen LogP contribution >= 0.6 is 11.3 Å². The summed E-state index contributed by atoms with van der Waals surface area (Å²) < 4.78 is 1.73. The first-order valence-corrected chi connectivity index (χ1v) is 10.3. The number of piperazine rings is 1. The minimum Gasteiger partial charge on any atom is -0.337 e. The number of hydrogen-bond donors (Lipinski definition) is 0. The molecule has 1 fully saturated rings. The van der Waals surface area contributed by atoms with E-state index in [2.05, 4.69) is 46.4 Å². The van der Waals surface area contributed by atoms with E-state index in [1.807, 2.05) is 41.6 Å². The van der Waals surface area contributed by atoms with Gasteiger partial charge in [0.25, 0.3) is 0 Å². The number of aromatic nitrogens is 2. The van der Waals surface area contributed by atoms with Gasteiger partial charge >= 0.3 is 0 Å². The fourth-order valence-corrected chi connectivity index (χ4v) is 4.42. The number of benzene rings is 1. The summed E-state index contributed by atoms with van der Waals surface area (Å²) in [7, 11) is 1.87. The average molecular weight is 393 g/mol. The number of amides is 1. The third-order valence-corrected chi connectivity index (χ3v) is 6.05. The van der Waals surface area contributed by atoms with Gasteiger partial charge in [-0.3, -0.25) is 14.4 Å². The van der Waals surface area contributed by atoms with Crippen LogP contribution in [0.1, 0.15) is 10.4 Å². The molecule has 1 saturated heterocycles. The molecule has 0 N–H and O–H groups in total. The van der Waals surface area contributed by atoms with Gasteiger partial charge in [0.2, 0.25) is 5.91 Å². The van der Waals surface area contributed by atoms with Gasteiger partial charge in [0.1, 0.15) is 0 Å². The lowest BCUT2D eigenvalue weighted by Crippen LogP contribution is -2.47. The van der Waals surface area contributed by atoms with Crippen molar-refractivity contribution >= 4 is 23.3 Å². The van der Waals surface area contributed by atoms with Crippen LogP contribution in [0.15, 0.2) is 60.9 Å². The number of thiophene rings is 1. The van der Waals surface area contributed by atoms with Crippen LogP contribution in [0.25, 0.3) is 16.5 Å². The summed E-state index contributed by atoms with van der Waals surface area (Å²) in [5.74, 6) is 0.0750. The molecule has 1 aromatic carbocycles. The van der Waals surface area contributed by atoms with Gasteiger partial charge in [0.15, 0.2) is 0 Å². The second kappa shape index (κ2) is 8.54. The van der Waals surface area contributed by atoms with Crippen molar-refractivity contribution in [3.8, 4) is 10.4 Å². The molecule has 3 aromatic rings. The lowest BCUT2D eigenvalue weighted by molar-refractivity contribution is -0.127. The van der Waals surface area contributed by atoms with Gasteiger partial charge in [-0.1, -0.05) is 30.3 Å². The highest BCUT2D eigenvalue weighted by Gasteiger charge is 2.20. The highest BCUT2D eigenvalue weighted by molar-refractivity contribution is 7.15. The normalized spacial score (nSPS) is 15.4. The Bertz CT molecular complexity index is 952. The van der Waals surface area contributed by atoms with E-state index in [0.29, 0.717) is 0 Å². The minimum atomic E-state index is 0.0750. The highest BCUT2D eigenvalue weighted by atomic mass is 32.1. The molecule has 1 aliphatic rings. The van der Waals surface area contributed by atoms with Gasteiger partial charge in [0.05, 0.1) is 6.20 Å². The summed E-state index contributed by atoms with van der Waals surface area (Å²) in [6.07, 6.45) is 7.13. The number of rotatable bonds is 5. The molecule has 1 amide bonds. The van der Waals surface area contributed by atoms with E-state index < -0.39 is 0 Å². The quantitative estimate of drug-likeness (QED) is 0.624. The lowest BCUT2D eigenvalue weighted by Gasteiger charge is -2.34. The zero-order valence-corrected chi connectivity index (χ0v) is 16.8. The van der Waals surface area contributed by atoms with Crippen molar-refractivity contribution in [3.05, 3.63) is 71.4 Å². The summed E-state index contributed by atoms with van der Waals surface area (Å²) in [5.41, 5.74) is 2.22. The van der Waals surface area contributed by atoms with Crippen molar-refractivity contribution in [1.82, 2.24) is 19.6 Å². The Labute approximate surface area is 169 Å². The molecule has 6 heteroatoms. The Morgan fingerprint density at radius 1 is 1.11 bits per heavy atom. The Morgan fingerprint density at radius 3 is 2.61 bits per heavy atom. The highest BCUT2D eigenvalue weighted by Crippen LogP contribution is 2.28. The lowest BCUT2D eigenvalue weighted by atomic mass is 10.2. The summed E-state index contributed by atoms with van der Waals surface area (Å²) in [4.78, 5) is 19.4. The predicted molar refractivity (Wildman–Crippen MR) is 114 cm³/mol. The van der Waals surface area contributed by atoms with E-state index in [4.69, 9.17) is 0 Å². The predicted octanol–water partition coefficient (Wildman–Crippen LogP) is 3.51. The third-order valence-electron chi connectivity index (χ3n) is 4.93. The van der Waals surface area contributed by atoms with Crippen LogP contribution in [0, 0.1) is 0 Å². The maximum atomic E-state index is 12.4. The molecule has 0 atom stereocenters. The number of carbonyl (C=O) groups is 1. The Hall–Kier alpha value is -2.70. The zero-order valence-electron chi connectivity index (χ0n) is 16.0. The van der Waals surface area contributed by atoms with Crippen LogP contribution in [-0.4, -0.2) is 51.7 Å². The molecule has 0 aliphatic carbocycles. The molecule has 0 radical (unpaired) electrons. The molecule has 1 aliphatic heterocycles. The van der Waals surface area contributed by atoms with E-state index in [-0.39, 0.29) is 5.91 Å². The maximum Gasteiger partial charge on any atom is 0.246 e. The second-order valence-corrected chi connectivity index (χ2v) is 8.18. The zero-order chi connectivity index (χ0) is 19.3. The summed E-state index contributed by atoms with van der Waals surface area (Å²) in [5, 5.41) is 4.11. The average Bonchev–Trinajstić information content (AvgIpc) is 3.36. The number of hydrogen-bond acceptors (Lipinski definition) is 4. The molecule has 0 unspecified atom stereocenters. The van der Waals surface area contributed by atoms with Gasteiger partial charge in [-0.25, -0.2) is 0 Å². The summed E-state index contributed by atoms with van der Waals surface area (Å²) in [6.45, 7) is 4.31. The SMILES string of the molecule is Cn1cc(C=CC(=O)N2CCN(Cc3ccc(-c4ccccc4)s3)CC2)cn1. The monoisotopic (exact) mass is 392 g/mol. The molecule has 0 saturated carbocycles. The number of nitrogens with zero attached hydrogens (tertiary/aromatic N) is 4. The smallest absolute Gasteiger partial charge is 0.246 e. The molecule has 144 valence electrons.